The van der Waals surface area contributed by atoms with E-state index in [4.69, 9.17) is 14.3 Å². The highest BCUT2D eigenvalue weighted by Crippen LogP contribution is 2.16. The molecule has 1 aromatic heterocycles. The summed E-state index contributed by atoms with van der Waals surface area (Å²) in [5.41, 5.74) is 0.619. The Morgan fingerprint density at radius 1 is 1.18 bits per heavy atom. The van der Waals surface area contributed by atoms with Gasteiger partial charge in [-0.3, -0.25) is 9.59 Å². The van der Waals surface area contributed by atoms with Crippen LogP contribution in [0.1, 0.15) is 33.6 Å². The molecule has 0 bridgehead atoms. The minimum atomic E-state index is -0.383. The Morgan fingerprint density at radius 3 is 2.55 bits per heavy atom. The van der Waals surface area contributed by atoms with Crippen molar-refractivity contribution < 1.29 is 23.8 Å². The third-order valence-corrected chi connectivity index (χ3v) is 2.92. The second kappa shape index (κ2) is 7.42. The van der Waals surface area contributed by atoms with Crippen LogP contribution in [0.2, 0.25) is 0 Å². The molecule has 0 unspecified atom stereocenters. The zero-order valence-electron chi connectivity index (χ0n) is 12.2. The molecule has 0 saturated carbocycles. The van der Waals surface area contributed by atoms with E-state index in [0.29, 0.717) is 17.1 Å². The van der Waals surface area contributed by atoms with Gasteiger partial charge < -0.3 is 19.6 Å². The Balaban J connectivity index is 1.90. The molecular weight excluding hydrogens is 286 g/mol. The van der Waals surface area contributed by atoms with Gasteiger partial charge in [0.1, 0.15) is 18.1 Å². The number of hydrogen-bond acceptors (Lipinski definition) is 5. The van der Waals surface area contributed by atoms with E-state index in [9.17, 15) is 9.59 Å². The van der Waals surface area contributed by atoms with Gasteiger partial charge in [-0.2, -0.15) is 0 Å². The van der Waals surface area contributed by atoms with Crippen molar-refractivity contribution in [3.8, 4) is 5.75 Å². The molecule has 1 aromatic carbocycles. The van der Waals surface area contributed by atoms with Gasteiger partial charge in [-0.25, -0.2) is 0 Å². The average Bonchev–Trinajstić information content (AvgIpc) is 3.00. The minimum Gasteiger partial charge on any atom is -0.486 e. The van der Waals surface area contributed by atoms with Crippen LogP contribution in [0, 0.1) is 0 Å². The van der Waals surface area contributed by atoms with Gasteiger partial charge in [0.2, 0.25) is 0 Å². The lowest BCUT2D eigenvalue weighted by molar-refractivity contribution is 0.0912. The quantitative estimate of drug-likeness (QED) is 0.761. The molecule has 0 aliphatic carbocycles. The number of Topliss-reactive ketones (excluding diaryl/α,β-unsaturated/α-hetero) is 1. The van der Waals surface area contributed by atoms with Crippen LogP contribution >= 0.6 is 0 Å². The maximum absolute atomic E-state index is 11.6. The Hall–Kier alpha value is -2.60. The molecule has 0 aliphatic heterocycles. The van der Waals surface area contributed by atoms with Crippen LogP contribution in [0.15, 0.2) is 40.8 Å². The molecule has 6 nitrogen and oxygen atoms in total. The van der Waals surface area contributed by atoms with E-state index in [1.165, 1.54) is 6.92 Å². The largest absolute Gasteiger partial charge is 0.486 e. The maximum Gasteiger partial charge on any atom is 0.287 e. The van der Waals surface area contributed by atoms with Crippen molar-refractivity contribution in [1.29, 1.82) is 0 Å². The summed E-state index contributed by atoms with van der Waals surface area (Å²) in [5.74, 6) is 0.888. The fourth-order valence-electron chi connectivity index (χ4n) is 1.77. The first kappa shape index (κ1) is 15.8. The van der Waals surface area contributed by atoms with Gasteiger partial charge >= 0.3 is 0 Å². The Bertz CT molecular complexity index is 645. The molecule has 0 radical (unpaired) electrons. The van der Waals surface area contributed by atoms with Gasteiger partial charge in [-0.05, 0) is 43.3 Å². The summed E-state index contributed by atoms with van der Waals surface area (Å²) in [7, 11) is 0. The molecule has 0 aliphatic rings. The van der Waals surface area contributed by atoms with E-state index in [0.717, 1.165) is 0 Å². The standard InChI is InChI=1S/C16H17NO5/c1-11(19)12-2-4-13(5-3-12)21-10-14-6-7-15(22-14)16(20)17-8-9-18/h2-7,18H,8-10H2,1H3,(H,17,20). The molecule has 2 N–H and O–H groups in total. The number of carbonyl (C=O) groups excluding carboxylic acids is 2. The number of rotatable bonds is 7. The van der Waals surface area contributed by atoms with E-state index in [1.807, 2.05) is 0 Å². The molecule has 2 aromatic rings. The van der Waals surface area contributed by atoms with E-state index < -0.39 is 0 Å². The summed E-state index contributed by atoms with van der Waals surface area (Å²) in [6, 6.07) is 9.98. The lowest BCUT2D eigenvalue weighted by Crippen LogP contribution is -2.25. The zero-order valence-corrected chi connectivity index (χ0v) is 12.2. The number of ketones is 1. The number of carbonyl (C=O) groups is 2. The van der Waals surface area contributed by atoms with Crippen molar-refractivity contribution >= 4 is 11.7 Å². The van der Waals surface area contributed by atoms with E-state index >= 15 is 0 Å². The fourth-order valence-corrected chi connectivity index (χ4v) is 1.77. The molecule has 0 fully saturated rings. The van der Waals surface area contributed by atoms with Gasteiger partial charge in [0.15, 0.2) is 11.5 Å². The summed E-state index contributed by atoms with van der Waals surface area (Å²) in [6.07, 6.45) is 0. The van der Waals surface area contributed by atoms with Crippen LogP contribution in [0.25, 0.3) is 0 Å². The van der Waals surface area contributed by atoms with Gasteiger partial charge in [0.25, 0.3) is 5.91 Å². The van der Waals surface area contributed by atoms with Crippen LogP contribution in [0.5, 0.6) is 5.75 Å². The highest BCUT2D eigenvalue weighted by Gasteiger charge is 2.10. The highest BCUT2D eigenvalue weighted by atomic mass is 16.5. The Kier molecular flexibility index (Phi) is 5.32. The van der Waals surface area contributed by atoms with Gasteiger partial charge in [0.05, 0.1) is 6.61 Å². The second-order valence-electron chi connectivity index (χ2n) is 4.61. The van der Waals surface area contributed by atoms with Gasteiger partial charge in [0, 0.05) is 12.1 Å². The first-order valence-corrected chi connectivity index (χ1v) is 6.81. The van der Waals surface area contributed by atoms with Crippen LogP contribution in [0.4, 0.5) is 0 Å². The third kappa shape index (κ3) is 4.20. The van der Waals surface area contributed by atoms with Crippen molar-refractivity contribution in [1.82, 2.24) is 5.32 Å². The van der Waals surface area contributed by atoms with E-state index in [1.54, 1.807) is 36.4 Å². The van der Waals surface area contributed by atoms with E-state index in [2.05, 4.69) is 5.32 Å². The van der Waals surface area contributed by atoms with Crippen molar-refractivity contribution in [2.24, 2.45) is 0 Å². The number of hydrogen-bond donors (Lipinski definition) is 2. The molecular formula is C16H17NO5. The Morgan fingerprint density at radius 2 is 1.91 bits per heavy atom. The van der Waals surface area contributed by atoms with Crippen LogP contribution in [-0.4, -0.2) is 29.9 Å². The number of amides is 1. The topological polar surface area (TPSA) is 88.8 Å². The Labute approximate surface area is 127 Å². The number of ether oxygens (including phenoxy) is 1. The molecule has 116 valence electrons. The number of benzene rings is 1. The van der Waals surface area contributed by atoms with Crippen molar-refractivity contribution in [2.45, 2.75) is 13.5 Å². The third-order valence-electron chi connectivity index (χ3n) is 2.92. The molecule has 2 rings (SSSR count). The summed E-state index contributed by atoms with van der Waals surface area (Å²) < 4.78 is 10.9. The molecule has 1 amide bonds. The lowest BCUT2D eigenvalue weighted by atomic mass is 10.1. The molecule has 0 atom stereocenters. The van der Waals surface area contributed by atoms with Crippen LogP contribution in [-0.2, 0) is 6.61 Å². The molecule has 1 heterocycles. The highest BCUT2D eigenvalue weighted by molar-refractivity contribution is 5.94. The number of furan rings is 1. The number of aliphatic hydroxyl groups is 1. The average molecular weight is 303 g/mol. The first-order chi connectivity index (χ1) is 10.6. The fraction of sp³-hybridized carbons (Fsp3) is 0.250. The molecule has 6 heteroatoms. The van der Waals surface area contributed by atoms with Crippen molar-refractivity contribution in [3.05, 3.63) is 53.5 Å². The monoisotopic (exact) mass is 303 g/mol. The first-order valence-electron chi connectivity index (χ1n) is 6.81. The predicted molar refractivity (Wildman–Crippen MR) is 78.9 cm³/mol. The summed E-state index contributed by atoms with van der Waals surface area (Å²) in [6.45, 7) is 1.72. The SMILES string of the molecule is CC(=O)c1ccc(OCc2ccc(C(=O)NCCO)o2)cc1. The summed E-state index contributed by atoms with van der Waals surface area (Å²) in [4.78, 5) is 22.8. The maximum atomic E-state index is 11.6. The molecule has 0 saturated heterocycles. The van der Waals surface area contributed by atoms with Crippen LogP contribution < -0.4 is 10.1 Å². The smallest absolute Gasteiger partial charge is 0.287 e. The number of aliphatic hydroxyl groups excluding tert-OH is 1. The van der Waals surface area contributed by atoms with Crippen molar-refractivity contribution in [2.75, 3.05) is 13.2 Å². The lowest BCUT2D eigenvalue weighted by Gasteiger charge is -2.04. The zero-order chi connectivity index (χ0) is 15.9. The number of nitrogens with one attached hydrogen (secondary N) is 1. The van der Waals surface area contributed by atoms with Crippen molar-refractivity contribution in [3.63, 3.8) is 0 Å². The molecule has 22 heavy (non-hydrogen) atoms. The van der Waals surface area contributed by atoms with Gasteiger partial charge in [-0.1, -0.05) is 0 Å². The molecule has 0 spiro atoms. The summed E-state index contributed by atoms with van der Waals surface area (Å²) in [5, 5.41) is 11.1. The second-order valence-corrected chi connectivity index (χ2v) is 4.61. The summed E-state index contributed by atoms with van der Waals surface area (Å²) >= 11 is 0. The van der Waals surface area contributed by atoms with Crippen LogP contribution in [0.3, 0.4) is 0 Å². The normalized spacial score (nSPS) is 10.3. The van der Waals surface area contributed by atoms with E-state index in [-0.39, 0.29) is 37.2 Å². The predicted octanol–water partition coefficient (Wildman–Crippen LogP) is 1.78. The van der Waals surface area contributed by atoms with Gasteiger partial charge in [-0.15, -0.1) is 0 Å². The minimum absolute atomic E-state index is 0.00359.